The van der Waals surface area contributed by atoms with Crippen LogP contribution in [-0.4, -0.2) is 37.2 Å². The predicted octanol–water partition coefficient (Wildman–Crippen LogP) is 17.4. The van der Waals surface area contributed by atoms with Crippen LogP contribution in [0.2, 0.25) is 0 Å². The molecule has 6 heteroatoms. The third kappa shape index (κ3) is 51.5. The van der Waals surface area contributed by atoms with Crippen molar-refractivity contribution in [2.45, 2.75) is 175 Å². The minimum atomic E-state index is -0.853. The molecule has 6 nitrogen and oxygen atoms in total. The topological polar surface area (TPSA) is 78.9 Å². The second-order valence-corrected chi connectivity index (χ2v) is 16.2. The average Bonchev–Trinajstić information content (AvgIpc) is 3.34. The lowest BCUT2D eigenvalue weighted by Crippen LogP contribution is -2.30. The molecule has 0 aromatic rings. The minimum absolute atomic E-state index is 0.140. The van der Waals surface area contributed by atoms with E-state index >= 15 is 0 Å². The zero-order chi connectivity index (χ0) is 49.3. The van der Waals surface area contributed by atoms with Gasteiger partial charge in [-0.15, -0.1) is 0 Å². The summed E-state index contributed by atoms with van der Waals surface area (Å²) in [6.07, 6.45) is 81.6. The van der Waals surface area contributed by atoms with Gasteiger partial charge < -0.3 is 14.2 Å². The van der Waals surface area contributed by atoms with Gasteiger partial charge >= 0.3 is 17.9 Å². The summed E-state index contributed by atoms with van der Waals surface area (Å²) in [5.41, 5.74) is 0. The van der Waals surface area contributed by atoms with Crippen LogP contribution in [0.15, 0.2) is 182 Å². The highest BCUT2D eigenvalue weighted by Crippen LogP contribution is 2.12. The van der Waals surface area contributed by atoms with Crippen molar-refractivity contribution in [3.05, 3.63) is 182 Å². The Labute approximate surface area is 414 Å². The van der Waals surface area contributed by atoms with E-state index in [1.807, 2.05) is 85.1 Å². The van der Waals surface area contributed by atoms with E-state index in [2.05, 4.69) is 118 Å². The molecule has 68 heavy (non-hydrogen) atoms. The molecule has 0 rings (SSSR count). The molecule has 0 spiro atoms. The van der Waals surface area contributed by atoms with Crippen molar-refractivity contribution in [2.24, 2.45) is 0 Å². The predicted molar refractivity (Wildman–Crippen MR) is 292 cm³/mol. The first-order chi connectivity index (χ1) is 33.5. The molecule has 1 atom stereocenters. The molecule has 0 aliphatic carbocycles. The fourth-order valence-electron chi connectivity index (χ4n) is 6.12. The zero-order valence-corrected chi connectivity index (χ0v) is 42.5. The van der Waals surface area contributed by atoms with Gasteiger partial charge in [-0.25, -0.2) is 0 Å². The van der Waals surface area contributed by atoms with Crippen molar-refractivity contribution in [2.75, 3.05) is 13.2 Å². The van der Waals surface area contributed by atoms with E-state index in [0.29, 0.717) is 19.3 Å². The SMILES string of the molecule is CC\C=C/C=C\C=C/C=C\C=C\C=C/C=C\CCCCCC(=O)OCC(COC(=O)CCCCCCCCC\C=C/C=C\C=C/CC)OC(=O)CC/C=C\C/C=C\C/C=C\C/C=C\C/C=C\CC. The number of esters is 3. The highest BCUT2D eigenvalue weighted by molar-refractivity contribution is 5.71. The number of rotatable bonds is 43. The van der Waals surface area contributed by atoms with Crippen molar-refractivity contribution < 1.29 is 28.6 Å². The van der Waals surface area contributed by atoms with Crippen molar-refractivity contribution in [1.29, 1.82) is 0 Å². The third-order valence-electron chi connectivity index (χ3n) is 9.91. The number of carbonyl (C=O) groups is 3. The van der Waals surface area contributed by atoms with Crippen molar-refractivity contribution >= 4 is 17.9 Å². The first kappa shape index (κ1) is 62.5. The molecule has 0 saturated carbocycles. The molecule has 0 aliphatic rings. The number of carbonyl (C=O) groups excluding carboxylic acids is 3. The van der Waals surface area contributed by atoms with Crippen LogP contribution in [0.1, 0.15) is 168 Å². The van der Waals surface area contributed by atoms with E-state index in [4.69, 9.17) is 14.2 Å². The first-order valence-electron chi connectivity index (χ1n) is 25.9. The highest BCUT2D eigenvalue weighted by Gasteiger charge is 2.19. The Morgan fingerprint density at radius 3 is 1.04 bits per heavy atom. The Bertz CT molecular complexity index is 1680. The van der Waals surface area contributed by atoms with Crippen LogP contribution in [0.4, 0.5) is 0 Å². The van der Waals surface area contributed by atoms with Gasteiger partial charge in [-0.2, -0.15) is 0 Å². The normalized spacial score (nSPS) is 13.6. The van der Waals surface area contributed by atoms with Gasteiger partial charge in [0.25, 0.3) is 0 Å². The molecular weight excluding hydrogens is 841 g/mol. The summed E-state index contributed by atoms with van der Waals surface area (Å²) < 4.78 is 16.7. The quantitative estimate of drug-likeness (QED) is 0.0199. The lowest BCUT2D eigenvalue weighted by molar-refractivity contribution is -0.166. The molecule has 0 fully saturated rings. The molecule has 0 N–H and O–H groups in total. The summed E-state index contributed by atoms with van der Waals surface area (Å²) in [7, 11) is 0. The Kier molecular flexibility index (Phi) is 49.7. The Hall–Kier alpha value is -5.49. The smallest absolute Gasteiger partial charge is 0.306 e. The molecule has 0 amide bonds. The molecule has 0 aromatic heterocycles. The Morgan fingerprint density at radius 1 is 0.309 bits per heavy atom. The van der Waals surface area contributed by atoms with E-state index in [1.165, 1.54) is 19.3 Å². The lowest BCUT2D eigenvalue weighted by Gasteiger charge is -2.18. The maximum absolute atomic E-state index is 12.8. The van der Waals surface area contributed by atoms with Crippen LogP contribution in [-0.2, 0) is 28.6 Å². The standard InChI is InChI=1S/C62H90O6/c1-4-7-10-13-16-19-22-25-28-30-31-32-35-37-40-43-46-49-52-55-61(64)67-58-59(57-66-60(63)54-51-48-45-42-39-36-33-27-24-21-18-15-12-9-6-3)68-62(65)56-53-50-47-44-41-38-34-29-26-23-20-17-14-11-8-5-2/h7-13,15-22,24-26,28-32,35,37-38,40-41,47,50,59H,4-6,14,23,27,33-34,36,39,42-46,48-49,51-58H2,1-3H3/b10-7-,11-8-,12-9-,16-13-,18-15-,20-17-,22-19-,24-21-,28-25-,29-26-,31-30+,35-32-,40-37-,41-38-,50-47-. The molecule has 374 valence electrons. The molecule has 1 unspecified atom stereocenters. The van der Waals surface area contributed by atoms with E-state index < -0.39 is 12.1 Å². The lowest BCUT2D eigenvalue weighted by atomic mass is 10.1. The monoisotopic (exact) mass is 931 g/mol. The summed E-state index contributed by atoms with van der Waals surface area (Å²) in [6.45, 7) is 6.10. The van der Waals surface area contributed by atoms with Gasteiger partial charge in [-0.05, 0) is 89.9 Å². The first-order valence-corrected chi connectivity index (χ1v) is 25.9. The molecule has 0 heterocycles. The van der Waals surface area contributed by atoms with Crippen LogP contribution >= 0.6 is 0 Å². The van der Waals surface area contributed by atoms with Crippen LogP contribution in [0.25, 0.3) is 0 Å². The molecule has 0 aliphatic heterocycles. The Balaban J connectivity index is 4.67. The third-order valence-corrected chi connectivity index (χ3v) is 9.91. The number of allylic oxidation sites excluding steroid dienone is 30. The minimum Gasteiger partial charge on any atom is -0.462 e. The van der Waals surface area contributed by atoms with Gasteiger partial charge in [-0.3, -0.25) is 14.4 Å². The number of hydrogen-bond donors (Lipinski definition) is 0. The second-order valence-electron chi connectivity index (χ2n) is 16.2. The Morgan fingerprint density at radius 2 is 0.632 bits per heavy atom. The largest absolute Gasteiger partial charge is 0.462 e. The van der Waals surface area contributed by atoms with Gasteiger partial charge in [0.15, 0.2) is 6.10 Å². The van der Waals surface area contributed by atoms with Gasteiger partial charge in [0, 0.05) is 19.3 Å². The fourth-order valence-corrected chi connectivity index (χ4v) is 6.12. The van der Waals surface area contributed by atoms with Gasteiger partial charge in [-0.1, -0.05) is 242 Å². The van der Waals surface area contributed by atoms with Gasteiger partial charge in [0.2, 0.25) is 0 Å². The molecule has 0 saturated heterocycles. The van der Waals surface area contributed by atoms with Gasteiger partial charge in [0.1, 0.15) is 13.2 Å². The molecular formula is C62H90O6. The van der Waals surface area contributed by atoms with Crippen LogP contribution in [0.3, 0.4) is 0 Å². The molecule has 0 aromatic carbocycles. The molecule has 0 radical (unpaired) electrons. The second kappa shape index (κ2) is 54.1. The van der Waals surface area contributed by atoms with Crippen LogP contribution < -0.4 is 0 Å². The maximum Gasteiger partial charge on any atom is 0.306 e. The van der Waals surface area contributed by atoms with Crippen LogP contribution in [0, 0.1) is 0 Å². The zero-order valence-electron chi connectivity index (χ0n) is 42.5. The summed E-state index contributed by atoms with van der Waals surface area (Å²) in [6, 6.07) is 0. The summed E-state index contributed by atoms with van der Waals surface area (Å²) >= 11 is 0. The van der Waals surface area contributed by atoms with E-state index in [1.54, 1.807) is 0 Å². The highest BCUT2D eigenvalue weighted by atomic mass is 16.6. The van der Waals surface area contributed by atoms with Crippen LogP contribution in [0.5, 0.6) is 0 Å². The average molecular weight is 931 g/mol. The molecule has 0 bridgehead atoms. The number of hydrogen-bond acceptors (Lipinski definition) is 6. The van der Waals surface area contributed by atoms with Crippen molar-refractivity contribution in [3.8, 4) is 0 Å². The van der Waals surface area contributed by atoms with E-state index in [0.717, 1.165) is 96.3 Å². The van der Waals surface area contributed by atoms with Crippen molar-refractivity contribution in [3.63, 3.8) is 0 Å². The number of unbranched alkanes of at least 4 members (excludes halogenated alkanes) is 10. The number of ether oxygens (including phenoxy) is 3. The summed E-state index contributed by atoms with van der Waals surface area (Å²) in [5, 5.41) is 0. The van der Waals surface area contributed by atoms with E-state index in [9.17, 15) is 14.4 Å². The van der Waals surface area contributed by atoms with E-state index in [-0.39, 0.29) is 38.0 Å². The maximum atomic E-state index is 12.8. The summed E-state index contributed by atoms with van der Waals surface area (Å²) in [4.78, 5) is 38.0. The van der Waals surface area contributed by atoms with Gasteiger partial charge in [0.05, 0.1) is 0 Å². The summed E-state index contributed by atoms with van der Waals surface area (Å²) in [5.74, 6) is -1.10. The van der Waals surface area contributed by atoms with Crippen molar-refractivity contribution in [1.82, 2.24) is 0 Å². The fraction of sp³-hybridized carbons (Fsp3) is 0.468.